The molecule has 30 heavy (non-hydrogen) atoms. The van der Waals surface area contributed by atoms with Crippen LogP contribution in [-0.2, 0) is 11.0 Å². The van der Waals surface area contributed by atoms with Crippen LogP contribution in [0.25, 0.3) is 22.4 Å². The second-order valence-electron chi connectivity index (χ2n) is 6.08. The zero-order chi connectivity index (χ0) is 21.9. The van der Waals surface area contributed by atoms with E-state index in [9.17, 15) is 23.1 Å². The SMILES string of the molecule is COc1ccc(-c2c(-c3ccc(OCC(=O)NN)cc3O)n[nH]c2C(F)(F)F)cc1. The number of rotatable bonds is 6. The molecular weight excluding hydrogens is 405 g/mol. The number of nitrogens with two attached hydrogens (primary N) is 1. The van der Waals surface area contributed by atoms with Gasteiger partial charge in [0.25, 0.3) is 5.91 Å². The van der Waals surface area contributed by atoms with Gasteiger partial charge in [-0.2, -0.15) is 18.3 Å². The summed E-state index contributed by atoms with van der Waals surface area (Å²) in [6.45, 7) is -0.396. The van der Waals surface area contributed by atoms with Gasteiger partial charge in [-0.1, -0.05) is 12.1 Å². The average Bonchev–Trinajstić information content (AvgIpc) is 3.17. The number of amides is 1. The number of ether oxygens (including phenoxy) is 2. The second-order valence-corrected chi connectivity index (χ2v) is 6.08. The molecular formula is C19H17F3N4O4. The molecule has 0 fully saturated rings. The number of aromatic hydroxyl groups is 1. The molecule has 8 nitrogen and oxygen atoms in total. The minimum absolute atomic E-state index is 0.0446. The third kappa shape index (κ3) is 4.30. The Kier molecular flexibility index (Phi) is 5.83. The van der Waals surface area contributed by atoms with Crippen LogP contribution in [0, 0.1) is 0 Å². The Morgan fingerprint density at radius 1 is 1.20 bits per heavy atom. The number of H-pyrrole nitrogens is 1. The van der Waals surface area contributed by atoms with Crippen molar-refractivity contribution in [3.05, 3.63) is 48.2 Å². The number of carbonyl (C=O) groups is 1. The number of methoxy groups -OCH3 is 1. The number of aromatic amines is 1. The van der Waals surface area contributed by atoms with Crippen molar-refractivity contribution in [2.45, 2.75) is 6.18 Å². The number of phenols is 1. The summed E-state index contributed by atoms with van der Waals surface area (Å²) in [5.74, 6) is 4.58. The number of hydrogen-bond donors (Lipinski definition) is 4. The Morgan fingerprint density at radius 3 is 2.43 bits per heavy atom. The van der Waals surface area contributed by atoms with Gasteiger partial charge in [0.05, 0.1) is 7.11 Å². The Balaban J connectivity index is 2.05. The monoisotopic (exact) mass is 422 g/mol. The van der Waals surface area contributed by atoms with Crippen LogP contribution in [-0.4, -0.2) is 34.9 Å². The molecule has 5 N–H and O–H groups in total. The van der Waals surface area contributed by atoms with Gasteiger partial charge in [-0.25, -0.2) is 5.84 Å². The van der Waals surface area contributed by atoms with Crippen molar-refractivity contribution in [1.82, 2.24) is 15.6 Å². The van der Waals surface area contributed by atoms with Crippen molar-refractivity contribution in [3.63, 3.8) is 0 Å². The number of nitrogens with zero attached hydrogens (tertiary/aromatic N) is 1. The molecule has 0 spiro atoms. The molecule has 1 aromatic heterocycles. The third-order valence-corrected chi connectivity index (χ3v) is 4.18. The molecule has 0 saturated heterocycles. The van der Waals surface area contributed by atoms with Crippen LogP contribution in [0.15, 0.2) is 42.5 Å². The molecule has 3 aromatic rings. The lowest BCUT2D eigenvalue weighted by Crippen LogP contribution is -2.34. The normalized spacial score (nSPS) is 11.2. The highest BCUT2D eigenvalue weighted by Crippen LogP contribution is 2.43. The van der Waals surface area contributed by atoms with Gasteiger partial charge in [0.15, 0.2) is 6.61 Å². The number of hydrogen-bond acceptors (Lipinski definition) is 6. The minimum Gasteiger partial charge on any atom is -0.507 e. The van der Waals surface area contributed by atoms with E-state index in [-0.39, 0.29) is 33.9 Å². The topological polar surface area (TPSA) is 122 Å². The zero-order valence-corrected chi connectivity index (χ0v) is 15.6. The molecule has 158 valence electrons. The molecule has 0 aliphatic rings. The summed E-state index contributed by atoms with van der Waals surface area (Å²) in [5, 5.41) is 16.2. The van der Waals surface area contributed by atoms with Crippen LogP contribution < -0.4 is 20.7 Å². The summed E-state index contributed by atoms with van der Waals surface area (Å²) in [6.07, 6.45) is -4.70. The number of nitrogens with one attached hydrogen (secondary N) is 2. The van der Waals surface area contributed by atoms with Crippen molar-refractivity contribution in [1.29, 1.82) is 0 Å². The van der Waals surface area contributed by atoms with Gasteiger partial charge in [0, 0.05) is 17.2 Å². The van der Waals surface area contributed by atoms with Crippen LogP contribution in [0.3, 0.4) is 0 Å². The molecule has 2 aromatic carbocycles. The van der Waals surface area contributed by atoms with Crippen LogP contribution >= 0.6 is 0 Å². The molecule has 1 amide bonds. The number of halogens is 3. The van der Waals surface area contributed by atoms with Crippen molar-refractivity contribution in [2.24, 2.45) is 5.84 Å². The van der Waals surface area contributed by atoms with Crippen molar-refractivity contribution in [2.75, 3.05) is 13.7 Å². The van der Waals surface area contributed by atoms with E-state index in [2.05, 4.69) is 5.10 Å². The Hall–Kier alpha value is -3.73. The summed E-state index contributed by atoms with van der Waals surface area (Å²) in [6, 6.07) is 9.85. The molecule has 0 unspecified atom stereocenters. The number of benzene rings is 2. The van der Waals surface area contributed by atoms with Gasteiger partial charge in [-0.3, -0.25) is 15.3 Å². The molecule has 0 radical (unpaired) electrons. The maximum absolute atomic E-state index is 13.6. The maximum Gasteiger partial charge on any atom is 0.433 e. The second kappa shape index (κ2) is 8.33. The molecule has 0 atom stereocenters. The van der Waals surface area contributed by atoms with E-state index in [1.807, 2.05) is 10.5 Å². The molecule has 0 aliphatic carbocycles. The fourth-order valence-electron chi connectivity index (χ4n) is 2.77. The molecule has 1 heterocycles. The smallest absolute Gasteiger partial charge is 0.433 e. The zero-order valence-electron chi connectivity index (χ0n) is 15.6. The molecule has 0 aliphatic heterocycles. The maximum atomic E-state index is 13.6. The van der Waals surface area contributed by atoms with Crippen molar-refractivity contribution < 1.29 is 32.5 Å². The average molecular weight is 422 g/mol. The first kappa shape index (κ1) is 21.0. The summed E-state index contributed by atoms with van der Waals surface area (Å²) in [5.41, 5.74) is 0.775. The predicted molar refractivity (Wildman–Crippen MR) is 101 cm³/mol. The third-order valence-electron chi connectivity index (χ3n) is 4.18. The fraction of sp³-hybridized carbons (Fsp3) is 0.158. The van der Waals surface area contributed by atoms with Crippen LogP contribution in [0.5, 0.6) is 17.2 Å². The number of phenolic OH excluding ortho intramolecular Hbond substituents is 1. The number of aromatic nitrogens is 2. The largest absolute Gasteiger partial charge is 0.507 e. The van der Waals surface area contributed by atoms with Gasteiger partial charge in [0.2, 0.25) is 0 Å². The lowest BCUT2D eigenvalue weighted by Gasteiger charge is -2.11. The van der Waals surface area contributed by atoms with Gasteiger partial charge in [-0.15, -0.1) is 0 Å². The summed E-state index contributed by atoms with van der Waals surface area (Å²) >= 11 is 0. The number of hydrazine groups is 1. The van der Waals surface area contributed by atoms with E-state index in [4.69, 9.17) is 15.3 Å². The van der Waals surface area contributed by atoms with Gasteiger partial charge in [0.1, 0.15) is 28.6 Å². The predicted octanol–water partition coefficient (Wildman–Crippen LogP) is 2.85. The quantitative estimate of drug-likeness (QED) is 0.275. The highest BCUT2D eigenvalue weighted by atomic mass is 19.4. The van der Waals surface area contributed by atoms with Crippen LogP contribution in [0.1, 0.15) is 5.69 Å². The Bertz CT molecular complexity index is 1050. The van der Waals surface area contributed by atoms with Crippen LogP contribution in [0.2, 0.25) is 0 Å². The first-order chi connectivity index (χ1) is 14.2. The van der Waals surface area contributed by atoms with Gasteiger partial charge < -0.3 is 14.6 Å². The van der Waals surface area contributed by atoms with Gasteiger partial charge >= 0.3 is 6.18 Å². The van der Waals surface area contributed by atoms with E-state index in [0.29, 0.717) is 5.75 Å². The number of carbonyl (C=O) groups excluding carboxylic acids is 1. The molecule has 3 rings (SSSR count). The van der Waals surface area contributed by atoms with Crippen molar-refractivity contribution >= 4 is 5.91 Å². The fourth-order valence-corrected chi connectivity index (χ4v) is 2.77. The standard InChI is InChI=1S/C19H17F3N4O4/c1-29-11-4-2-10(3-5-11)16-17(25-26-18(16)19(20,21)22)13-7-6-12(8-14(13)27)30-9-15(28)24-23/h2-8,27H,9,23H2,1H3,(H,24,28)(H,25,26). The van der Waals surface area contributed by atoms with E-state index >= 15 is 0 Å². The summed E-state index contributed by atoms with van der Waals surface area (Å²) in [7, 11) is 1.44. The molecule has 0 bridgehead atoms. The van der Waals surface area contributed by atoms with E-state index in [0.717, 1.165) is 0 Å². The summed E-state index contributed by atoms with van der Waals surface area (Å²) < 4.78 is 50.9. The van der Waals surface area contributed by atoms with Crippen LogP contribution in [0.4, 0.5) is 13.2 Å². The highest BCUT2D eigenvalue weighted by molar-refractivity contribution is 5.85. The van der Waals surface area contributed by atoms with E-state index in [1.54, 1.807) is 0 Å². The van der Waals surface area contributed by atoms with E-state index in [1.165, 1.54) is 49.6 Å². The van der Waals surface area contributed by atoms with E-state index < -0.39 is 24.4 Å². The minimum atomic E-state index is -4.70. The Morgan fingerprint density at radius 2 is 1.87 bits per heavy atom. The highest BCUT2D eigenvalue weighted by Gasteiger charge is 2.38. The summed E-state index contributed by atoms with van der Waals surface area (Å²) in [4.78, 5) is 11.1. The first-order valence-electron chi connectivity index (χ1n) is 8.50. The molecule has 11 heteroatoms. The Labute approximate surface area is 168 Å². The van der Waals surface area contributed by atoms with Crippen molar-refractivity contribution in [3.8, 4) is 39.6 Å². The first-order valence-corrected chi connectivity index (χ1v) is 8.50. The lowest BCUT2D eigenvalue weighted by atomic mass is 9.98. The van der Waals surface area contributed by atoms with Gasteiger partial charge in [-0.05, 0) is 29.8 Å². The molecule has 0 saturated carbocycles. The number of alkyl halides is 3. The lowest BCUT2D eigenvalue weighted by molar-refractivity contribution is -0.140.